The highest BCUT2D eigenvalue weighted by molar-refractivity contribution is 5.91. The first-order valence-corrected chi connectivity index (χ1v) is 13.1. The molecule has 2 aliphatic rings. The summed E-state index contributed by atoms with van der Waals surface area (Å²) in [6, 6.07) is 11.7. The molecule has 0 aliphatic carbocycles. The van der Waals surface area contributed by atoms with Crippen molar-refractivity contribution in [2.24, 2.45) is 11.1 Å². The van der Waals surface area contributed by atoms with Crippen LogP contribution in [0.15, 0.2) is 76.5 Å². The first-order chi connectivity index (χ1) is 17.6. The molecule has 1 spiro atoms. The van der Waals surface area contributed by atoms with Crippen molar-refractivity contribution in [1.29, 1.82) is 0 Å². The maximum atomic E-state index is 13.1. The second-order valence-electron chi connectivity index (χ2n) is 11.2. The summed E-state index contributed by atoms with van der Waals surface area (Å²) in [5, 5.41) is 0. The summed E-state index contributed by atoms with van der Waals surface area (Å²) in [7, 11) is 0. The predicted octanol–water partition coefficient (Wildman–Crippen LogP) is 6.14. The molecule has 2 saturated heterocycles. The van der Waals surface area contributed by atoms with E-state index in [0.717, 1.165) is 41.9 Å². The minimum atomic E-state index is -0.0973. The van der Waals surface area contributed by atoms with Gasteiger partial charge < -0.3 is 24.5 Å². The van der Waals surface area contributed by atoms with E-state index in [0.29, 0.717) is 37.8 Å². The third-order valence-electron chi connectivity index (χ3n) is 7.51. The van der Waals surface area contributed by atoms with Crippen LogP contribution in [0.5, 0.6) is 5.75 Å². The van der Waals surface area contributed by atoms with E-state index in [1.165, 1.54) is 5.56 Å². The van der Waals surface area contributed by atoms with E-state index in [-0.39, 0.29) is 23.3 Å². The molecule has 1 amide bonds. The number of nitrogens with zero attached hydrogens (tertiary/aromatic N) is 1. The van der Waals surface area contributed by atoms with Crippen LogP contribution in [0.25, 0.3) is 0 Å². The molecule has 3 heterocycles. The van der Waals surface area contributed by atoms with Crippen LogP contribution in [-0.4, -0.2) is 37.0 Å². The van der Waals surface area contributed by atoms with E-state index in [4.69, 9.17) is 19.6 Å². The van der Waals surface area contributed by atoms with Crippen LogP contribution in [0.3, 0.4) is 0 Å². The van der Waals surface area contributed by atoms with Gasteiger partial charge >= 0.3 is 0 Å². The highest BCUT2D eigenvalue weighted by Gasteiger charge is 2.45. The number of rotatable bonds is 7. The van der Waals surface area contributed by atoms with Crippen molar-refractivity contribution in [1.82, 2.24) is 4.90 Å². The molecular formula is C31H40N2O4. The Balaban J connectivity index is 1.29. The number of furan rings is 1. The van der Waals surface area contributed by atoms with Gasteiger partial charge in [-0.05, 0) is 73.1 Å². The van der Waals surface area contributed by atoms with E-state index >= 15 is 0 Å². The Morgan fingerprint density at radius 1 is 1.16 bits per heavy atom. The first-order valence-electron chi connectivity index (χ1n) is 13.1. The van der Waals surface area contributed by atoms with E-state index in [1.54, 1.807) is 6.07 Å². The lowest BCUT2D eigenvalue weighted by Crippen LogP contribution is -2.43. The number of hydrogen-bond acceptors (Lipinski definition) is 5. The topological polar surface area (TPSA) is 77.9 Å². The fraction of sp³-hybridized carbons (Fsp3) is 0.452. The van der Waals surface area contributed by atoms with Crippen LogP contribution >= 0.6 is 0 Å². The number of benzene rings is 1. The summed E-state index contributed by atoms with van der Waals surface area (Å²) < 4.78 is 17.7. The SMILES string of the molecule is C=C1C(=CC/C=C(\C)CN)OCC12CCN(C(=O)c1ccc(COc3ccc(C(C)(C)C)cc3)o1)CC2. The highest BCUT2D eigenvalue weighted by atomic mass is 16.5. The van der Waals surface area contributed by atoms with E-state index in [2.05, 4.69) is 51.6 Å². The number of nitrogens with two attached hydrogens (primary N) is 1. The van der Waals surface area contributed by atoms with Crippen LogP contribution in [0.4, 0.5) is 0 Å². The van der Waals surface area contributed by atoms with Crippen molar-refractivity contribution in [3.05, 3.63) is 89.1 Å². The van der Waals surface area contributed by atoms with Crippen molar-refractivity contribution in [2.75, 3.05) is 26.2 Å². The molecule has 1 aromatic heterocycles. The summed E-state index contributed by atoms with van der Waals surface area (Å²) in [5.41, 5.74) is 9.12. The number of amides is 1. The molecule has 0 radical (unpaired) electrons. The molecule has 37 heavy (non-hydrogen) atoms. The number of carbonyl (C=O) groups is 1. The molecule has 2 aromatic rings. The van der Waals surface area contributed by atoms with Gasteiger partial charge in [0.25, 0.3) is 5.91 Å². The van der Waals surface area contributed by atoms with Crippen LogP contribution in [0, 0.1) is 5.41 Å². The zero-order valence-corrected chi connectivity index (χ0v) is 22.6. The Kier molecular flexibility index (Phi) is 7.98. The molecule has 6 heteroatoms. The van der Waals surface area contributed by atoms with E-state index in [9.17, 15) is 4.79 Å². The summed E-state index contributed by atoms with van der Waals surface area (Å²) in [6.45, 7) is 15.7. The number of hydrogen-bond donors (Lipinski definition) is 1. The van der Waals surface area contributed by atoms with Crippen LogP contribution < -0.4 is 10.5 Å². The van der Waals surface area contributed by atoms with Crippen LogP contribution in [0.2, 0.25) is 0 Å². The van der Waals surface area contributed by atoms with Gasteiger partial charge in [-0.3, -0.25) is 4.79 Å². The van der Waals surface area contributed by atoms with Gasteiger partial charge in [0.2, 0.25) is 0 Å². The number of allylic oxidation sites excluding steroid dienone is 3. The zero-order chi connectivity index (χ0) is 26.6. The molecule has 1 aromatic carbocycles. The number of piperidine rings is 1. The van der Waals surface area contributed by atoms with E-state index < -0.39 is 0 Å². The Morgan fingerprint density at radius 2 is 1.86 bits per heavy atom. The summed E-state index contributed by atoms with van der Waals surface area (Å²) in [5.74, 6) is 2.55. The fourth-order valence-corrected chi connectivity index (χ4v) is 4.80. The van der Waals surface area contributed by atoms with Gasteiger partial charge in [-0.2, -0.15) is 0 Å². The van der Waals surface area contributed by atoms with E-state index in [1.807, 2.05) is 30.0 Å². The Labute approximate surface area is 220 Å². The maximum Gasteiger partial charge on any atom is 0.289 e. The largest absolute Gasteiger partial charge is 0.493 e. The highest BCUT2D eigenvalue weighted by Crippen LogP contribution is 2.47. The van der Waals surface area contributed by atoms with Crippen LogP contribution in [-0.2, 0) is 16.8 Å². The molecule has 2 fully saturated rings. The smallest absolute Gasteiger partial charge is 0.289 e. The summed E-state index contributed by atoms with van der Waals surface area (Å²) in [6.07, 6.45) is 6.63. The van der Waals surface area contributed by atoms with Crippen LogP contribution in [0.1, 0.15) is 68.8 Å². The normalized spacial score (nSPS) is 18.9. The van der Waals surface area contributed by atoms with Gasteiger partial charge in [-0.25, -0.2) is 0 Å². The minimum absolute atomic E-state index is 0.0849. The zero-order valence-electron chi connectivity index (χ0n) is 22.6. The second-order valence-corrected chi connectivity index (χ2v) is 11.2. The number of ether oxygens (including phenoxy) is 2. The molecular weight excluding hydrogens is 464 g/mol. The quantitative estimate of drug-likeness (QED) is 0.458. The van der Waals surface area contributed by atoms with Gasteiger partial charge in [0.05, 0.1) is 6.61 Å². The lowest BCUT2D eigenvalue weighted by molar-refractivity contribution is 0.0552. The van der Waals surface area contributed by atoms with Crippen molar-refractivity contribution in [2.45, 2.75) is 59.0 Å². The van der Waals surface area contributed by atoms with Gasteiger partial charge in [-0.15, -0.1) is 0 Å². The Morgan fingerprint density at radius 3 is 2.51 bits per heavy atom. The molecule has 2 N–H and O–H groups in total. The molecule has 198 valence electrons. The van der Waals surface area contributed by atoms with Crippen molar-refractivity contribution in [3.8, 4) is 5.75 Å². The molecule has 0 unspecified atom stereocenters. The molecule has 0 atom stereocenters. The summed E-state index contributed by atoms with van der Waals surface area (Å²) >= 11 is 0. The van der Waals surface area contributed by atoms with Crippen molar-refractivity contribution >= 4 is 5.91 Å². The fourth-order valence-electron chi connectivity index (χ4n) is 4.80. The molecule has 4 rings (SSSR count). The molecule has 0 bridgehead atoms. The third kappa shape index (κ3) is 6.19. The third-order valence-corrected chi connectivity index (χ3v) is 7.51. The van der Waals surface area contributed by atoms with Gasteiger partial charge in [0, 0.05) is 25.0 Å². The lowest BCUT2D eigenvalue weighted by atomic mass is 9.74. The molecule has 2 aliphatic heterocycles. The van der Waals surface area contributed by atoms with Crippen molar-refractivity contribution in [3.63, 3.8) is 0 Å². The van der Waals surface area contributed by atoms with Gasteiger partial charge in [0.15, 0.2) is 5.76 Å². The first kappa shape index (κ1) is 26.8. The molecule has 6 nitrogen and oxygen atoms in total. The minimum Gasteiger partial charge on any atom is -0.493 e. The summed E-state index contributed by atoms with van der Waals surface area (Å²) in [4.78, 5) is 15.0. The number of likely N-dealkylation sites (tertiary alicyclic amines) is 1. The lowest BCUT2D eigenvalue weighted by Gasteiger charge is -2.38. The number of carbonyl (C=O) groups excluding carboxylic acids is 1. The monoisotopic (exact) mass is 504 g/mol. The predicted molar refractivity (Wildman–Crippen MR) is 146 cm³/mol. The maximum absolute atomic E-state index is 13.1. The molecule has 0 saturated carbocycles. The average Bonchev–Trinajstić information content (AvgIpc) is 3.48. The van der Waals surface area contributed by atoms with Crippen molar-refractivity contribution < 1.29 is 18.7 Å². The van der Waals surface area contributed by atoms with Gasteiger partial charge in [0.1, 0.15) is 23.9 Å². The Hall–Kier alpha value is -3.25. The Bertz CT molecular complexity index is 1170. The average molecular weight is 505 g/mol. The second kappa shape index (κ2) is 11.0. The van der Waals surface area contributed by atoms with Gasteiger partial charge in [-0.1, -0.05) is 51.1 Å². The standard InChI is InChI=1S/C31H40N2O4/c1-22(19-32)7-6-8-27-23(2)31(21-36-27)15-17-33(18-16-31)29(34)28-14-13-26(37-28)20-35-25-11-9-24(10-12-25)30(3,4)5/h7-14H,2,6,15-21,32H2,1,3-5H3/b22-7+,27-8?.